The van der Waals surface area contributed by atoms with Crippen molar-refractivity contribution >= 4 is 17.4 Å². The van der Waals surface area contributed by atoms with Gasteiger partial charge in [-0.05, 0) is 42.0 Å². The molecule has 17 heavy (non-hydrogen) atoms. The van der Waals surface area contributed by atoms with Gasteiger partial charge in [0.1, 0.15) is 0 Å². The molecule has 0 atom stereocenters. The van der Waals surface area contributed by atoms with Gasteiger partial charge >= 0.3 is 0 Å². The van der Waals surface area contributed by atoms with E-state index in [4.69, 9.17) is 0 Å². The van der Waals surface area contributed by atoms with Crippen LogP contribution in [0.1, 0.15) is 30.9 Å². The second-order valence-corrected chi connectivity index (χ2v) is 4.45. The van der Waals surface area contributed by atoms with Gasteiger partial charge in [0.15, 0.2) is 0 Å². The quantitative estimate of drug-likeness (QED) is 0.621. The summed E-state index contributed by atoms with van der Waals surface area (Å²) < 4.78 is 0. The fourth-order valence-electron chi connectivity index (χ4n) is 2.52. The number of rotatable bonds is 0. The lowest BCUT2D eigenvalue weighted by molar-refractivity contribution is 1.21. The fourth-order valence-corrected chi connectivity index (χ4v) is 2.52. The van der Waals surface area contributed by atoms with E-state index in [9.17, 15) is 0 Å². The molecule has 1 heterocycles. The summed E-state index contributed by atoms with van der Waals surface area (Å²) in [5.41, 5.74) is 6.68. The molecule has 1 aromatic carbocycles. The maximum absolute atomic E-state index is 4.41. The highest BCUT2D eigenvalue weighted by atomic mass is 14.7. The van der Waals surface area contributed by atoms with Gasteiger partial charge in [0.2, 0.25) is 0 Å². The number of hydrogen-bond donors (Lipinski definition) is 0. The predicted molar refractivity (Wildman–Crippen MR) is 73.9 cm³/mol. The van der Waals surface area contributed by atoms with Crippen molar-refractivity contribution in [3.8, 4) is 0 Å². The molecule has 0 aromatic heterocycles. The molecule has 0 spiro atoms. The summed E-state index contributed by atoms with van der Waals surface area (Å²) >= 11 is 0. The molecular weight excluding hydrogens is 206 g/mol. The Hall–Kier alpha value is -1.89. The normalized spacial score (nSPS) is 22.3. The van der Waals surface area contributed by atoms with Gasteiger partial charge < -0.3 is 0 Å². The lowest BCUT2D eigenvalue weighted by Gasteiger charge is -2.20. The van der Waals surface area contributed by atoms with Crippen LogP contribution < -0.4 is 0 Å². The zero-order valence-corrected chi connectivity index (χ0v) is 9.98. The summed E-state index contributed by atoms with van der Waals surface area (Å²) in [7, 11) is 0. The van der Waals surface area contributed by atoms with Gasteiger partial charge in [-0.25, -0.2) is 0 Å². The van der Waals surface area contributed by atoms with Crippen molar-refractivity contribution in [1.29, 1.82) is 0 Å². The topological polar surface area (TPSA) is 12.4 Å². The molecule has 0 bridgehead atoms. The number of benzene rings is 1. The van der Waals surface area contributed by atoms with Crippen molar-refractivity contribution in [1.82, 2.24) is 0 Å². The molecule has 0 unspecified atom stereocenters. The van der Waals surface area contributed by atoms with Crippen LogP contribution in [0.3, 0.4) is 0 Å². The van der Waals surface area contributed by atoms with Gasteiger partial charge in [-0.1, -0.05) is 42.5 Å². The standard InChI is InChI=1S/C16H15N/c1-12-14(10-5-11-17-12)16-9-4-7-13-6-2-3-8-15(13)16/h2-8,11H,9-10H2,1H3/b16-14+. The Morgan fingerprint density at radius 3 is 2.71 bits per heavy atom. The molecule has 1 aliphatic carbocycles. The van der Waals surface area contributed by atoms with Crippen LogP contribution in [0.2, 0.25) is 0 Å². The Morgan fingerprint density at radius 2 is 1.82 bits per heavy atom. The first-order valence-electron chi connectivity index (χ1n) is 6.04. The smallest absolute Gasteiger partial charge is 0.0410 e. The molecule has 1 aromatic rings. The van der Waals surface area contributed by atoms with Gasteiger partial charge in [0, 0.05) is 11.9 Å². The van der Waals surface area contributed by atoms with Crippen LogP contribution >= 0.6 is 0 Å². The third-order valence-corrected chi connectivity index (χ3v) is 3.40. The minimum absolute atomic E-state index is 1.01. The molecule has 84 valence electrons. The van der Waals surface area contributed by atoms with E-state index < -0.39 is 0 Å². The monoisotopic (exact) mass is 221 g/mol. The molecular formula is C16H15N. The summed E-state index contributed by atoms with van der Waals surface area (Å²) in [4.78, 5) is 4.41. The summed E-state index contributed by atoms with van der Waals surface area (Å²) in [5.74, 6) is 0. The number of allylic oxidation sites excluding steroid dienone is 4. The Bertz CT molecular complexity index is 571. The maximum Gasteiger partial charge on any atom is 0.0410 e. The van der Waals surface area contributed by atoms with Crippen molar-refractivity contribution in [2.75, 3.05) is 0 Å². The Labute approximate surface area is 102 Å². The van der Waals surface area contributed by atoms with Crippen molar-refractivity contribution in [2.45, 2.75) is 19.8 Å². The van der Waals surface area contributed by atoms with Crippen LogP contribution in [0, 0.1) is 0 Å². The van der Waals surface area contributed by atoms with Crippen molar-refractivity contribution in [3.63, 3.8) is 0 Å². The summed E-state index contributed by atoms with van der Waals surface area (Å²) in [6.07, 6.45) is 10.5. The molecule has 1 aliphatic heterocycles. The maximum atomic E-state index is 4.41. The Morgan fingerprint density at radius 1 is 1.00 bits per heavy atom. The molecule has 0 saturated carbocycles. The summed E-state index contributed by atoms with van der Waals surface area (Å²) in [5, 5.41) is 0. The molecule has 0 saturated heterocycles. The summed E-state index contributed by atoms with van der Waals surface area (Å²) in [6.45, 7) is 2.10. The van der Waals surface area contributed by atoms with Crippen molar-refractivity contribution in [3.05, 3.63) is 59.3 Å². The van der Waals surface area contributed by atoms with Gasteiger partial charge in [0.05, 0.1) is 0 Å². The van der Waals surface area contributed by atoms with E-state index in [2.05, 4.69) is 54.4 Å². The lowest BCUT2D eigenvalue weighted by Crippen LogP contribution is -2.06. The largest absolute Gasteiger partial charge is 0.262 e. The lowest BCUT2D eigenvalue weighted by atomic mass is 9.86. The van der Waals surface area contributed by atoms with Crippen LogP contribution in [0.15, 0.2) is 53.2 Å². The van der Waals surface area contributed by atoms with Crippen LogP contribution in [0.5, 0.6) is 0 Å². The minimum Gasteiger partial charge on any atom is -0.262 e. The highest BCUT2D eigenvalue weighted by Crippen LogP contribution is 2.33. The average Bonchev–Trinajstić information content (AvgIpc) is 2.39. The molecule has 0 N–H and O–H groups in total. The van der Waals surface area contributed by atoms with Gasteiger partial charge in [-0.2, -0.15) is 0 Å². The van der Waals surface area contributed by atoms with Crippen molar-refractivity contribution < 1.29 is 0 Å². The Kier molecular flexibility index (Phi) is 2.52. The van der Waals surface area contributed by atoms with Gasteiger partial charge in [-0.3, -0.25) is 4.99 Å². The van der Waals surface area contributed by atoms with E-state index in [0.717, 1.165) is 18.6 Å². The molecule has 0 fully saturated rings. The van der Waals surface area contributed by atoms with Gasteiger partial charge in [0.25, 0.3) is 0 Å². The van der Waals surface area contributed by atoms with E-state index in [0.29, 0.717) is 0 Å². The minimum atomic E-state index is 1.01. The van der Waals surface area contributed by atoms with Crippen molar-refractivity contribution in [2.24, 2.45) is 4.99 Å². The van der Waals surface area contributed by atoms with E-state index in [-0.39, 0.29) is 0 Å². The highest BCUT2D eigenvalue weighted by Gasteiger charge is 2.16. The molecule has 1 heteroatoms. The van der Waals surface area contributed by atoms with Crippen LogP contribution in [-0.2, 0) is 0 Å². The van der Waals surface area contributed by atoms with Gasteiger partial charge in [-0.15, -0.1) is 0 Å². The average molecular weight is 221 g/mol. The molecule has 0 amide bonds. The van der Waals surface area contributed by atoms with E-state index >= 15 is 0 Å². The number of aliphatic imine (C=N–C) groups is 1. The summed E-state index contributed by atoms with van der Waals surface area (Å²) in [6, 6.07) is 8.60. The number of hydrogen-bond acceptors (Lipinski definition) is 1. The molecule has 2 aliphatic rings. The Balaban J connectivity index is 2.18. The second-order valence-electron chi connectivity index (χ2n) is 4.45. The van der Waals surface area contributed by atoms with Crippen LogP contribution in [0.25, 0.3) is 11.6 Å². The number of nitrogens with zero attached hydrogens (tertiary/aromatic N) is 1. The molecule has 3 rings (SSSR count). The highest BCUT2D eigenvalue weighted by molar-refractivity contribution is 6.07. The molecule has 0 radical (unpaired) electrons. The third kappa shape index (κ3) is 1.78. The fraction of sp³-hybridized carbons (Fsp3) is 0.188. The first-order valence-corrected chi connectivity index (χ1v) is 6.04. The second kappa shape index (κ2) is 4.17. The third-order valence-electron chi connectivity index (χ3n) is 3.40. The zero-order chi connectivity index (χ0) is 11.7. The first kappa shape index (κ1) is 10.3. The zero-order valence-electron chi connectivity index (χ0n) is 9.98. The predicted octanol–water partition coefficient (Wildman–Crippen LogP) is 4.24. The van der Waals surface area contributed by atoms with E-state index in [1.54, 1.807) is 0 Å². The van der Waals surface area contributed by atoms with E-state index in [1.165, 1.54) is 22.3 Å². The first-order chi connectivity index (χ1) is 8.36. The SMILES string of the molecule is CC1=NC=CC/C1=C1/CC=Cc2ccccc21. The number of fused-ring (bicyclic) bond motifs is 1. The van der Waals surface area contributed by atoms with Crippen LogP contribution in [-0.4, -0.2) is 5.71 Å². The molecule has 1 nitrogen and oxygen atoms in total. The van der Waals surface area contributed by atoms with E-state index in [1.807, 2.05) is 6.20 Å². The van der Waals surface area contributed by atoms with Crippen LogP contribution in [0.4, 0.5) is 0 Å².